The van der Waals surface area contributed by atoms with Gasteiger partial charge in [-0.05, 0) is 82.3 Å². The predicted molar refractivity (Wildman–Crippen MR) is 165 cm³/mol. The molecule has 0 bridgehead atoms. The Morgan fingerprint density at radius 2 is 1.90 bits per heavy atom. The molecule has 5 heteroatoms. The maximum Gasteiger partial charge on any atom is 0.141 e. The average molecular weight is 556 g/mol. The van der Waals surface area contributed by atoms with Crippen LogP contribution in [0.15, 0.2) is 115 Å². The molecule has 7 rings (SSSR count). The molecule has 5 aromatic rings. The first-order chi connectivity index (χ1) is 19.9. The van der Waals surface area contributed by atoms with E-state index in [1.807, 2.05) is 24.3 Å². The van der Waals surface area contributed by atoms with E-state index >= 15 is 0 Å². The van der Waals surface area contributed by atoms with Gasteiger partial charge in [0.25, 0.3) is 0 Å². The van der Waals surface area contributed by atoms with Crippen molar-refractivity contribution in [2.45, 2.75) is 25.7 Å². The van der Waals surface area contributed by atoms with Gasteiger partial charge in [0.2, 0.25) is 0 Å². The summed E-state index contributed by atoms with van der Waals surface area (Å²) >= 11 is 6.17. The van der Waals surface area contributed by atoms with E-state index in [0.717, 1.165) is 29.4 Å². The van der Waals surface area contributed by atoms with E-state index in [1.54, 1.807) is 30.5 Å². The molecule has 0 saturated heterocycles. The van der Waals surface area contributed by atoms with Crippen molar-refractivity contribution in [1.29, 1.82) is 5.26 Å². The third-order valence-corrected chi connectivity index (χ3v) is 8.38. The molecule has 2 atom stereocenters. The van der Waals surface area contributed by atoms with Crippen LogP contribution in [0.1, 0.15) is 41.6 Å². The fourth-order valence-corrected chi connectivity index (χ4v) is 6.05. The molecule has 0 radical (unpaired) electrons. The van der Waals surface area contributed by atoms with E-state index in [4.69, 9.17) is 16.9 Å². The fourth-order valence-electron chi connectivity index (χ4n) is 5.86. The molecule has 2 aliphatic rings. The van der Waals surface area contributed by atoms with Crippen LogP contribution in [0.2, 0.25) is 5.02 Å². The van der Waals surface area contributed by atoms with Crippen LogP contribution in [0, 0.1) is 22.6 Å². The SMILES string of the molecule is C=CC1(C)C=CC2=C(C1)C(c1ccc(F)c(Cl)c1)Cc1c2ccc2ccccc12.N#Cc1ccc2ncccc2n1. The monoisotopic (exact) mass is 555 g/mol. The third-order valence-electron chi connectivity index (χ3n) is 8.09. The number of rotatable bonds is 2. The van der Waals surface area contributed by atoms with Crippen LogP contribution in [-0.2, 0) is 6.42 Å². The van der Waals surface area contributed by atoms with Gasteiger partial charge in [0.05, 0.1) is 16.1 Å². The Hall–Kier alpha value is -4.59. The van der Waals surface area contributed by atoms with Gasteiger partial charge < -0.3 is 0 Å². The summed E-state index contributed by atoms with van der Waals surface area (Å²) in [5, 5.41) is 11.3. The molecule has 41 heavy (non-hydrogen) atoms. The number of hydrogen-bond donors (Lipinski definition) is 0. The fraction of sp³-hybridized carbons (Fsp3) is 0.139. The van der Waals surface area contributed by atoms with Gasteiger partial charge in [0, 0.05) is 17.5 Å². The molecule has 0 aliphatic heterocycles. The molecule has 0 N–H and O–H groups in total. The standard InChI is InChI=1S/C27H22ClF.C9H5N3/c1-3-27(2)13-12-21-20-10-8-17-6-4-5-7-19(17)23(20)15-22(24(21)16-27)18-9-11-26(29)25(28)14-18;10-6-7-3-4-8-9(12-7)2-1-5-11-8/h3-14,22H,1,15-16H2,2H3;1-5H. The predicted octanol–water partition coefficient (Wildman–Crippen LogP) is 9.38. The number of aromatic nitrogens is 2. The molecule has 2 unspecified atom stereocenters. The molecule has 2 heterocycles. The second-order valence-corrected chi connectivity index (χ2v) is 11.2. The Morgan fingerprint density at radius 3 is 2.71 bits per heavy atom. The molecular formula is C36H27ClFN3. The quantitative estimate of drug-likeness (QED) is 0.204. The largest absolute Gasteiger partial charge is 0.255 e. The first-order valence-corrected chi connectivity index (χ1v) is 13.9. The van der Waals surface area contributed by atoms with Gasteiger partial charge in [-0.15, -0.1) is 6.58 Å². The lowest BCUT2D eigenvalue weighted by Gasteiger charge is -2.38. The van der Waals surface area contributed by atoms with Crippen LogP contribution < -0.4 is 0 Å². The van der Waals surface area contributed by atoms with Gasteiger partial charge >= 0.3 is 0 Å². The van der Waals surface area contributed by atoms with Crippen molar-refractivity contribution < 1.29 is 4.39 Å². The van der Waals surface area contributed by atoms with Crippen molar-refractivity contribution in [2.75, 3.05) is 0 Å². The zero-order valence-electron chi connectivity index (χ0n) is 22.6. The van der Waals surface area contributed by atoms with Gasteiger partial charge in [-0.1, -0.05) is 84.8 Å². The van der Waals surface area contributed by atoms with Crippen molar-refractivity contribution in [3.8, 4) is 6.07 Å². The zero-order chi connectivity index (χ0) is 28.6. The number of nitriles is 1. The maximum atomic E-state index is 13.9. The number of benzene rings is 3. The number of allylic oxidation sites excluding steroid dienone is 5. The van der Waals surface area contributed by atoms with E-state index < -0.39 is 0 Å². The lowest BCUT2D eigenvalue weighted by atomic mass is 9.66. The van der Waals surface area contributed by atoms with Crippen LogP contribution in [0.5, 0.6) is 0 Å². The van der Waals surface area contributed by atoms with Crippen molar-refractivity contribution in [3.63, 3.8) is 0 Å². The minimum Gasteiger partial charge on any atom is -0.255 e. The van der Waals surface area contributed by atoms with E-state index in [-0.39, 0.29) is 22.2 Å². The van der Waals surface area contributed by atoms with Gasteiger partial charge in [0.15, 0.2) is 0 Å². The molecular weight excluding hydrogens is 529 g/mol. The van der Waals surface area contributed by atoms with E-state index in [9.17, 15) is 4.39 Å². The number of fused-ring (bicyclic) bond motifs is 5. The summed E-state index contributed by atoms with van der Waals surface area (Å²) in [5.41, 5.74) is 8.36. The number of halogens is 2. The summed E-state index contributed by atoms with van der Waals surface area (Å²) in [5.74, 6) is -0.198. The summed E-state index contributed by atoms with van der Waals surface area (Å²) in [6.45, 7) is 6.27. The Labute approximate surface area is 244 Å². The maximum absolute atomic E-state index is 13.9. The first-order valence-electron chi connectivity index (χ1n) is 13.5. The van der Waals surface area contributed by atoms with E-state index in [1.165, 1.54) is 39.1 Å². The Kier molecular flexibility index (Phi) is 6.99. The molecule has 2 aliphatic carbocycles. The molecule has 3 aromatic carbocycles. The molecule has 200 valence electrons. The molecule has 3 nitrogen and oxygen atoms in total. The van der Waals surface area contributed by atoms with Crippen LogP contribution in [0.3, 0.4) is 0 Å². The van der Waals surface area contributed by atoms with Gasteiger partial charge in [-0.3, -0.25) is 4.98 Å². The minimum absolute atomic E-state index is 0.0741. The van der Waals surface area contributed by atoms with E-state index in [2.05, 4.69) is 72.0 Å². The number of pyridine rings is 2. The van der Waals surface area contributed by atoms with Gasteiger partial charge in [0.1, 0.15) is 17.6 Å². The third kappa shape index (κ3) is 5.06. The second kappa shape index (κ2) is 10.8. The summed E-state index contributed by atoms with van der Waals surface area (Å²) in [6.07, 6.45) is 10.0. The Morgan fingerprint density at radius 1 is 1.05 bits per heavy atom. The summed E-state index contributed by atoms with van der Waals surface area (Å²) < 4.78 is 13.9. The lowest BCUT2D eigenvalue weighted by molar-refractivity contribution is 0.514. The molecule has 2 aromatic heterocycles. The topological polar surface area (TPSA) is 49.6 Å². The molecule has 0 amide bonds. The molecule has 0 spiro atoms. The van der Waals surface area contributed by atoms with Crippen molar-refractivity contribution >= 4 is 39.0 Å². The Balaban J connectivity index is 0.000000210. The number of nitrogens with zero attached hydrogens (tertiary/aromatic N) is 3. The van der Waals surface area contributed by atoms with Crippen molar-refractivity contribution in [1.82, 2.24) is 9.97 Å². The average Bonchev–Trinajstić information content (AvgIpc) is 3.01. The smallest absolute Gasteiger partial charge is 0.141 e. The molecule has 0 saturated carbocycles. The highest BCUT2D eigenvalue weighted by atomic mass is 35.5. The normalized spacial score (nSPS) is 19.1. The van der Waals surface area contributed by atoms with Crippen LogP contribution in [-0.4, -0.2) is 9.97 Å². The minimum atomic E-state index is -0.370. The van der Waals surface area contributed by atoms with Crippen LogP contribution in [0.4, 0.5) is 4.39 Å². The van der Waals surface area contributed by atoms with E-state index in [0.29, 0.717) is 5.69 Å². The summed E-state index contributed by atoms with van der Waals surface area (Å²) in [4.78, 5) is 8.15. The highest BCUT2D eigenvalue weighted by molar-refractivity contribution is 6.30. The molecule has 0 fully saturated rings. The van der Waals surface area contributed by atoms with Crippen LogP contribution in [0.25, 0.3) is 27.4 Å². The highest BCUT2D eigenvalue weighted by Crippen LogP contribution is 2.50. The first kappa shape index (κ1) is 26.6. The Bertz CT molecular complexity index is 1930. The van der Waals surface area contributed by atoms with Crippen molar-refractivity contribution in [2.24, 2.45) is 5.41 Å². The zero-order valence-corrected chi connectivity index (χ0v) is 23.4. The van der Waals surface area contributed by atoms with Crippen LogP contribution >= 0.6 is 11.6 Å². The van der Waals surface area contributed by atoms with Crippen molar-refractivity contribution in [3.05, 3.63) is 149 Å². The van der Waals surface area contributed by atoms with Gasteiger partial charge in [-0.2, -0.15) is 5.26 Å². The summed E-state index contributed by atoms with van der Waals surface area (Å²) in [6, 6.07) is 27.2. The second-order valence-electron chi connectivity index (χ2n) is 10.8. The summed E-state index contributed by atoms with van der Waals surface area (Å²) in [7, 11) is 0. The lowest BCUT2D eigenvalue weighted by Crippen LogP contribution is -2.23. The van der Waals surface area contributed by atoms with Gasteiger partial charge in [-0.25, -0.2) is 9.37 Å². The number of hydrogen-bond acceptors (Lipinski definition) is 3. The highest BCUT2D eigenvalue weighted by Gasteiger charge is 2.34.